The molecule has 0 amide bonds. The van der Waals surface area contributed by atoms with E-state index in [1.807, 2.05) is 12.1 Å². The fraction of sp³-hybridized carbons (Fsp3) is 0.364. The van der Waals surface area contributed by atoms with Gasteiger partial charge < -0.3 is 4.74 Å². The standard InChI is InChI=1S/C11H15O/c1-4-6-10-8-5-7-9(2)11(10)12-3/h5,7-8H,2,4,6H2,1,3H3. The first-order valence-electron chi connectivity index (χ1n) is 4.27. The topological polar surface area (TPSA) is 9.23 Å². The largest absolute Gasteiger partial charge is 0.496 e. The average Bonchev–Trinajstić information content (AvgIpc) is 2.05. The Labute approximate surface area is 74.4 Å². The highest BCUT2D eigenvalue weighted by Gasteiger charge is 2.03. The molecule has 0 atom stereocenters. The molecular formula is C11H15O. The van der Waals surface area contributed by atoms with E-state index in [-0.39, 0.29) is 0 Å². The third-order valence-corrected chi connectivity index (χ3v) is 1.90. The molecule has 0 aliphatic carbocycles. The Morgan fingerprint density at radius 1 is 1.42 bits per heavy atom. The van der Waals surface area contributed by atoms with Crippen LogP contribution in [-0.2, 0) is 6.42 Å². The summed E-state index contributed by atoms with van der Waals surface area (Å²) < 4.78 is 5.27. The normalized spacial score (nSPS) is 9.92. The van der Waals surface area contributed by atoms with Gasteiger partial charge in [0.2, 0.25) is 0 Å². The highest BCUT2D eigenvalue weighted by atomic mass is 16.5. The van der Waals surface area contributed by atoms with Crippen molar-refractivity contribution in [3.63, 3.8) is 0 Å². The van der Waals surface area contributed by atoms with Crippen LogP contribution < -0.4 is 4.74 Å². The van der Waals surface area contributed by atoms with Crippen LogP contribution in [0, 0.1) is 6.92 Å². The molecule has 65 valence electrons. The number of hydrogen-bond acceptors (Lipinski definition) is 1. The predicted molar refractivity (Wildman–Crippen MR) is 51.4 cm³/mol. The van der Waals surface area contributed by atoms with Gasteiger partial charge >= 0.3 is 0 Å². The zero-order valence-electron chi connectivity index (χ0n) is 7.76. The first-order chi connectivity index (χ1) is 5.79. The van der Waals surface area contributed by atoms with Crippen LogP contribution in [0.25, 0.3) is 0 Å². The van der Waals surface area contributed by atoms with E-state index in [1.165, 1.54) is 5.56 Å². The Morgan fingerprint density at radius 2 is 2.17 bits per heavy atom. The summed E-state index contributed by atoms with van der Waals surface area (Å²) in [4.78, 5) is 0. The molecule has 1 nitrogen and oxygen atoms in total. The number of benzene rings is 1. The summed E-state index contributed by atoms with van der Waals surface area (Å²) in [6.07, 6.45) is 2.20. The van der Waals surface area contributed by atoms with Gasteiger partial charge in [-0.1, -0.05) is 31.5 Å². The Kier molecular flexibility index (Phi) is 3.15. The van der Waals surface area contributed by atoms with Crippen LogP contribution in [0.3, 0.4) is 0 Å². The number of methoxy groups -OCH3 is 1. The van der Waals surface area contributed by atoms with E-state index < -0.39 is 0 Å². The van der Waals surface area contributed by atoms with Crippen molar-refractivity contribution in [2.45, 2.75) is 19.8 Å². The van der Waals surface area contributed by atoms with Crippen LogP contribution in [0.1, 0.15) is 24.5 Å². The van der Waals surface area contributed by atoms with Crippen molar-refractivity contribution in [1.82, 2.24) is 0 Å². The molecular weight excluding hydrogens is 148 g/mol. The van der Waals surface area contributed by atoms with E-state index in [4.69, 9.17) is 4.74 Å². The van der Waals surface area contributed by atoms with Gasteiger partial charge in [-0.2, -0.15) is 0 Å². The Bertz CT molecular complexity index is 253. The van der Waals surface area contributed by atoms with Crippen LogP contribution in [0.2, 0.25) is 0 Å². The Balaban J connectivity index is 3.00. The van der Waals surface area contributed by atoms with Crippen molar-refractivity contribution in [2.24, 2.45) is 0 Å². The molecule has 1 heteroatoms. The first-order valence-corrected chi connectivity index (χ1v) is 4.27. The van der Waals surface area contributed by atoms with Gasteiger partial charge in [0.15, 0.2) is 0 Å². The van der Waals surface area contributed by atoms with Crippen molar-refractivity contribution < 1.29 is 4.74 Å². The quantitative estimate of drug-likeness (QED) is 0.665. The van der Waals surface area contributed by atoms with Crippen LogP contribution in [0.4, 0.5) is 0 Å². The Hall–Kier alpha value is -0.980. The van der Waals surface area contributed by atoms with Crippen LogP contribution >= 0.6 is 0 Å². The zero-order valence-corrected chi connectivity index (χ0v) is 7.76. The minimum atomic E-state index is 0.944. The lowest BCUT2D eigenvalue weighted by Crippen LogP contribution is -1.93. The third kappa shape index (κ3) is 1.79. The number of para-hydroxylation sites is 1. The fourth-order valence-corrected chi connectivity index (χ4v) is 1.37. The summed E-state index contributed by atoms with van der Waals surface area (Å²) in [5.74, 6) is 0.944. The number of rotatable bonds is 3. The summed E-state index contributed by atoms with van der Waals surface area (Å²) in [5, 5.41) is 0. The van der Waals surface area contributed by atoms with E-state index >= 15 is 0 Å². The van der Waals surface area contributed by atoms with Crippen molar-refractivity contribution >= 4 is 0 Å². The predicted octanol–water partition coefficient (Wildman–Crippen LogP) is 2.83. The summed E-state index contributed by atoms with van der Waals surface area (Å²) in [6, 6.07) is 6.09. The molecule has 0 fully saturated rings. The second-order valence-electron chi connectivity index (χ2n) is 2.86. The summed E-state index contributed by atoms with van der Waals surface area (Å²) in [6.45, 7) is 6.07. The van der Waals surface area contributed by atoms with E-state index in [0.29, 0.717) is 0 Å². The molecule has 1 radical (unpaired) electrons. The highest BCUT2D eigenvalue weighted by molar-refractivity contribution is 5.43. The maximum atomic E-state index is 5.27. The van der Waals surface area contributed by atoms with Gasteiger partial charge in [-0.05, 0) is 24.5 Å². The fourth-order valence-electron chi connectivity index (χ4n) is 1.37. The lowest BCUT2D eigenvalue weighted by atomic mass is 10.1. The minimum absolute atomic E-state index is 0.944. The molecule has 0 heterocycles. The molecule has 0 aliphatic rings. The molecule has 0 N–H and O–H groups in total. The van der Waals surface area contributed by atoms with Gasteiger partial charge in [0.25, 0.3) is 0 Å². The number of hydrogen-bond donors (Lipinski definition) is 0. The molecule has 1 aromatic rings. The van der Waals surface area contributed by atoms with Gasteiger partial charge in [-0.15, -0.1) is 0 Å². The van der Waals surface area contributed by atoms with E-state index in [9.17, 15) is 0 Å². The Morgan fingerprint density at radius 3 is 2.75 bits per heavy atom. The molecule has 0 spiro atoms. The lowest BCUT2D eigenvalue weighted by molar-refractivity contribution is 0.407. The van der Waals surface area contributed by atoms with Gasteiger partial charge in [0.05, 0.1) is 7.11 Å². The second-order valence-corrected chi connectivity index (χ2v) is 2.86. The maximum absolute atomic E-state index is 5.27. The average molecular weight is 163 g/mol. The van der Waals surface area contributed by atoms with E-state index in [1.54, 1.807) is 7.11 Å². The summed E-state index contributed by atoms with van der Waals surface area (Å²) >= 11 is 0. The van der Waals surface area contributed by atoms with Gasteiger partial charge in [-0.3, -0.25) is 0 Å². The van der Waals surface area contributed by atoms with E-state index in [2.05, 4.69) is 19.9 Å². The number of ether oxygens (including phenoxy) is 1. The molecule has 0 aromatic heterocycles. The lowest BCUT2D eigenvalue weighted by Gasteiger charge is -2.09. The van der Waals surface area contributed by atoms with Gasteiger partial charge in [0, 0.05) is 0 Å². The van der Waals surface area contributed by atoms with Gasteiger partial charge in [-0.25, -0.2) is 0 Å². The molecule has 12 heavy (non-hydrogen) atoms. The monoisotopic (exact) mass is 163 g/mol. The molecule has 0 saturated carbocycles. The molecule has 1 aromatic carbocycles. The molecule has 0 saturated heterocycles. The van der Waals surface area contributed by atoms with Crippen LogP contribution in [0.15, 0.2) is 18.2 Å². The maximum Gasteiger partial charge on any atom is 0.125 e. The van der Waals surface area contributed by atoms with Crippen molar-refractivity contribution in [1.29, 1.82) is 0 Å². The zero-order chi connectivity index (χ0) is 8.97. The molecule has 1 rings (SSSR count). The van der Waals surface area contributed by atoms with Gasteiger partial charge in [0.1, 0.15) is 5.75 Å². The van der Waals surface area contributed by atoms with Crippen LogP contribution in [0.5, 0.6) is 5.75 Å². The first kappa shape index (κ1) is 9.11. The van der Waals surface area contributed by atoms with Crippen LogP contribution in [-0.4, -0.2) is 7.11 Å². The third-order valence-electron chi connectivity index (χ3n) is 1.90. The molecule has 0 bridgehead atoms. The highest BCUT2D eigenvalue weighted by Crippen LogP contribution is 2.23. The smallest absolute Gasteiger partial charge is 0.125 e. The minimum Gasteiger partial charge on any atom is -0.496 e. The summed E-state index contributed by atoms with van der Waals surface area (Å²) in [7, 11) is 1.70. The van der Waals surface area contributed by atoms with Crippen molar-refractivity contribution in [3.05, 3.63) is 36.2 Å². The SMILES string of the molecule is [CH2]c1cccc(CCC)c1OC. The van der Waals surface area contributed by atoms with Crippen molar-refractivity contribution in [3.8, 4) is 5.75 Å². The molecule has 0 unspecified atom stereocenters. The molecule has 0 aliphatic heterocycles. The summed E-state index contributed by atoms with van der Waals surface area (Å²) in [5.41, 5.74) is 2.23. The number of aryl methyl sites for hydroxylation is 1. The van der Waals surface area contributed by atoms with E-state index in [0.717, 1.165) is 24.2 Å². The second kappa shape index (κ2) is 4.15. The van der Waals surface area contributed by atoms with Crippen molar-refractivity contribution in [2.75, 3.05) is 7.11 Å².